The zero-order valence-electron chi connectivity index (χ0n) is 20.9. The molecule has 2 amide bonds. The summed E-state index contributed by atoms with van der Waals surface area (Å²) in [6, 6.07) is 14.0. The first-order valence-corrected chi connectivity index (χ1v) is 12.1. The Hall–Kier alpha value is -3.98. The van der Waals surface area contributed by atoms with Crippen LogP contribution < -0.4 is 29.6 Å². The number of ether oxygens (including phenoxy) is 4. The van der Waals surface area contributed by atoms with Gasteiger partial charge in [-0.2, -0.15) is 0 Å². The summed E-state index contributed by atoms with van der Waals surface area (Å²) in [5.74, 6) is 1.23. The van der Waals surface area contributed by atoms with Crippen molar-refractivity contribution in [2.45, 2.75) is 26.5 Å². The standard InChI is InChI=1S/C27H30N2O6S/c1-17(2)35-23-10-8-18(13-24(23)33-4)16-28-27(31)21(15-20-7-6-12-36-20)29-26(30)19-9-11-22(32-3)25(14-19)34-5/h6-15,17H,16H2,1-5H3,(H,28,31)(H,29,30)/b21-15-. The molecule has 9 heteroatoms. The van der Waals surface area contributed by atoms with Crippen molar-refractivity contribution in [3.63, 3.8) is 0 Å². The predicted molar refractivity (Wildman–Crippen MR) is 140 cm³/mol. The van der Waals surface area contributed by atoms with Crippen molar-refractivity contribution in [3.05, 3.63) is 75.6 Å². The van der Waals surface area contributed by atoms with Gasteiger partial charge in [-0.15, -0.1) is 11.3 Å². The van der Waals surface area contributed by atoms with E-state index in [0.717, 1.165) is 10.4 Å². The molecular weight excluding hydrogens is 480 g/mol. The highest BCUT2D eigenvalue weighted by molar-refractivity contribution is 7.10. The van der Waals surface area contributed by atoms with Gasteiger partial charge in [-0.3, -0.25) is 9.59 Å². The number of carbonyl (C=O) groups excluding carboxylic acids is 2. The summed E-state index contributed by atoms with van der Waals surface area (Å²) in [6.07, 6.45) is 1.64. The number of methoxy groups -OCH3 is 3. The maximum absolute atomic E-state index is 13.1. The van der Waals surface area contributed by atoms with Crippen LogP contribution in [0.1, 0.15) is 34.6 Å². The minimum atomic E-state index is -0.453. The second kappa shape index (κ2) is 12.6. The van der Waals surface area contributed by atoms with Crippen LogP contribution in [0, 0.1) is 0 Å². The van der Waals surface area contributed by atoms with E-state index in [1.54, 1.807) is 31.4 Å². The Kier molecular flexibility index (Phi) is 9.35. The zero-order valence-corrected chi connectivity index (χ0v) is 21.7. The summed E-state index contributed by atoms with van der Waals surface area (Å²) in [4.78, 5) is 26.9. The largest absolute Gasteiger partial charge is 0.493 e. The van der Waals surface area contributed by atoms with Gasteiger partial charge in [0.15, 0.2) is 23.0 Å². The monoisotopic (exact) mass is 510 g/mol. The van der Waals surface area contributed by atoms with Gasteiger partial charge in [-0.1, -0.05) is 12.1 Å². The van der Waals surface area contributed by atoms with E-state index < -0.39 is 11.8 Å². The molecule has 0 aliphatic rings. The van der Waals surface area contributed by atoms with E-state index in [1.807, 2.05) is 49.6 Å². The normalized spacial score (nSPS) is 11.1. The molecule has 1 aromatic heterocycles. The van der Waals surface area contributed by atoms with Gasteiger partial charge >= 0.3 is 0 Å². The maximum Gasteiger partial charge on any atom is 0.268 e. The van der Waals surface area contributed by atoms with Crippen LogP contribution >= 0.6 is 11.3 Å². The number of nitrogens with one attached hydrogen (secondary N) is 2. The maximum atomic E-state index is 13.1. The summed E-state index contributed by atoms with van der Waals surface area (Å²) in [7, 11) is 4.58. The Morgan fingerprint density at radius 1 is 0.917 bits per heavy atom. The number of hydrogen-bond acceptors (Lipinski definition) is 7. The summed E-state index contributed by atoms with van der Waals surface area (Å²) >= 11 is 1.45. The van der Waals surface area contributed by atoms with Crippen molar-refractivity contribution in [2.24, 2.45) is 0 Å². The predicted octanol–water partition coefficient (Wildman–Crippen LogP) is 4.65. The molecule has 3 rings (SSSR count). The minimum absolute atomic E-state index is 0.00341. The molecule has 0 aliphatic carbocycles. The van der Waals surface area contributed by atoms with Crippen LogP contribution in [0.15, 0.2) is 59.6 Å². The lowest BCUT2D eigenvalue weighted by atomic mass is 10.1. The van der Waals surface area contributed by atoms with Gasteiger partial charge < -0.3 is 29.6 Å². The molecule has 0 spiro atoms. The summed E-state index contributed by atoms with van der Waals surface area (Å²) in [6.45, 7) is 4.10. The summed E-state index contributed by atoms with van der Waals surface area (Å²) in [5, 5.41) is 7.48. The topological polar surface area (TPSA) is 95.1 Å². The summed E-state index contributed by atoms with van der Waals surface area (Å²) < 4.78 is 21.7. The van der Waals surface area contributed by atoms with Crippen LogP contribution in [0.3, 0.4) is 0 Å². The molecule has 0 aliphatic heterocycles. The Morgan fingerprint density at radius 3 is 2.25 bits per heavy atom. The molecule has 1 heterocycles. The van der Waals surface area contributed by atoms with Gasteiger partial charge in [0, 0.05) is 17.0 Å². The lowest BCUT2D eigenvalue weighted by Crippen LogP contribution is -2.34. The van der Waals surface area contributed by atoms with Crippen LogP contribution in [0.2, 0.25) is 0 Å². The highest BCUT2D eigenvalue weighted by atomic mass is 32.1. The average Bonchev–Trinajstić information content (AvgIpc) is 3.39. The van der Waals surface area contributed by atoms with Gasteiger partial charge in [0.05, 0.1) is 27.4 Å². The molecule has 2 aromatic carbocycles. The van der Waals surface area contributed by atoms with E-state index in [9.17, 15) is 9.59 Å². The van der Waals surface area contributed by atoms with Crippen LogP contribution in [-0.2, 0) is 11.3 Å². The van der Waals surface area contributed by atoms with Gasteiger partial charge in [-0.05, 0) is 67.3 Å². The van der Waals surface area contributed by atoms with E-state index >= 15 is 0 Å². The highest BCUT2D eigenvalue weighted by Gasteiger charge is 2.17. The van der Waals surface area contributed by atoms with Gasteiger partial charge in [0.25, 0.3) is 11.8 Å². The van der Waals surface area contributed by atoms with Crippen molar-refractivity contribution in [2.75, 3.05) is 21.3 Å². The average molecular weight is 511 g/mol. The third kappa shape index (κ3) is 7.02. The minimum Gasteiger partial charge on any atom is -0.493 e. The number of rotatable bonds is 11. The lowest BCUT2D eigenvalue weighted by Gasteiger charge is -2.15. The Balaban J connectivity index is 1.77. The van der Waals surface area contributed by atoms with Crippen molar-refractivity contribution in [3.8, 4) is 23.0 Å². The summed E-state index contributed by atoms with van der Waals surface area (Å²) in [5.41, 5.74) is 1.25. The quantitative estimate of drug-likeness (QED) is 0.365. The van der Waals surface area contributed by atoms with Gasteiger partial charge in [0.2, 0.25) is 0 Å². The van der Waals surface area contributed by atoms with E-state index in [2.05, 4.69) is 10.6 Å². The molecule has 8 nitrogen and oxygen atoms in total. The van der Waals surface area contributed by atoms with E-state index in [-0.39, 0.29) is 18.3 Å². The molecule has 3 aromatic rings. The van der Waals surface area contributed by atoms with Gasteiger partial charge in [0.1, 0.15) is 5.70 Å². The van der Waals surface area contributed by atoms with Crippen LogP contribution in [0.4, 0.5) is 0 Å². The third-order valence-electron chi connectivity index (χ3n) is 5.01. The SMILES string of the molecule is COc1ccc(C(=O)N/C(=C\c2cccs2)C(=O)NCc2ccc(OC(C)C)c(OC)c2)cc1OC. The Bertz CT molecular complexity index is 1220. The molecule has 0 atom stereocenters. The van der Waals surface area contributed by atoms with Crippen molar-refractivity contribution >= 4 is 29.2 Å². The van der Waals surface area contributed by atoms with E-state index in [4.69, 9.17) is 18.9 Å². The first-order chi connectivity index (χ1) is 17.3. The lowest BCUT2D eigenvalue weighted by molar-refractivity contribution is -0.117. The Labute approximate surface area is 214 Å². The van der Waals surface area contributed by atoms with Crippen molar-refractivity contribution < 1.29 is 28.5 Å². The van der Waals surface area contributed by atoms with Crippen LogP contribution in [0.5, 0.6) is 23.0 Å². The van der Waals surface area contributed by atoms with Crippen LogP contribution in [-0.4, -0.2) is 39.2 Å². The molecule has 0 fully saturated rings. The zero-order chi connectivity index (χ0) is 26.1. The van der Waals surface area contributed by atoms with Gasteiger partial charge in [-0.25, -0.2) is 0 Å². The second-order valence-corrected chi connectivity index (χ2v) is 8.91. The number of hydrogen-bond donors (Lipinski definition) is 2. The Morgan fingerprint density at radius 2 is 1.61 bits per heavy atom. The molecule has 0 unspecified atom stereocenters. The van der Waals surface area contributed by atoms with Crippen molar-refractivity contribution in [1.82, 2.24) is 10.6 Å². The highest BCUT2D eigenvalue weighted by Crippen LogP contribution is 2.29. The van der Waals surface area contributed by atoms with E-state index in [1.165, 1.54) is 25.6 Å². The first-order valence-electron chi connectivity index (χ1n) is 11.2. The van der Waals surface area contributed by atoms with Crippen molar-refractivity contribution in [1.29, 1.82) is 0 Å². The number of thiophene rings is 1. The molecular formula is C27H30N2O6S. The fourth-order valence-electron chi connectivity index (χ4n) is 3.30. The molecule has 190 valence electrons. The number of carbonyl (C=O) groups is 2. The molecule has 0 radical (unpaired) electrons. The molecule has 36 heavy (non-hydrogen) atoms. The van der Waals surface area contributed by atoms with E-state index in [0.29, 0.717) is 28.6 Å². The smallest absolute Gasteiger partial charge is 0.268 e. The fourth-order valence-corrected chi connectivity index (χ4v) is 3.95. The number of benzene rings is 2. The fraction of sp³-hybridized carbons (Fsp3) is 0.259. The first kappa shape index (κ1) is 26.6. The van der Waals surface area contributed by atoms with Crippen LogP contribution in [0.25, 0.3) is 6.08 Å². The molecule has 0 saturated carbocycles. The third-order valence-corrected chi connectivity index (χ3v) is 5.83. The molecule has 2 N–H and O–H groups in total. The molecule has 0 bridgehead atoms. The molecule has 0 saturated heterocycles. The second-order valence-electron chi connectivity index (χ2n) is 7.93. The number of amides is 2.